The molecule has 4 aromatic heterocycles. The Hall–Kier alpha value is -9.23. The summed E-state index contributed by atoms with van der Waals surface area (Å²) in [6, 6.07) is 82.3. The van der Waals surface area contributed by atoms with Crippen molar-refractivity contribution in [2.24, 2.45) is 0 Å². The molecule has 0 saturated carbocycles. The van der Waals surface area contributed by atoms with E-state index in [0.29, 0.717) is 17.6 Å². The summed E-state index contributed by atoms with van der Waals surface area (Å²) in [7, 11) is 0. The van der Waals surface area contributed by atoms with E-state index in [1.54, 1.807) is 0 Å². The summed E-state index contributed by atoms with van der Waals surface area (Å²) in [5.74, 6) is 1.66. The SMILES string of the molecule is CC.c1ccc(-c2cc(-c3cccc4c3sc3ccccc34)cc(-c3cccc4c5c6ccccc6c6ccccc6c5n(-c5nc(-c6ccccc6)nc(-c6ccc7c(c6)oc6ccccc67)n5)c34)c2)cc1. The highest BCUT2D eigenvalue weighted by atomic mass is 32.1. The number of thiophene rings is 1. The van der Waals surface area contributed by atoms with Crippen LogP contribution in [0.25, 0.3) is 148 Å². The third kappa shape index (κ3) is 6.86. The molecule has 0 fully saturated rings. The van der Waals surface area contributed by atoms with Crippen molar-refractivity contribution in [3.63, 3.8) is 0 Å². The van der Waals surface area contributed by atoms with Crippen LogP contribution in [-0.4, -0.2) is 19.5 Å². The van der Waals surface area contributed by atoms with Crippen LogP contribution in [0.2, 0.25) is 0 Å². The highest BCUT2D eigenvalue weighted by Gasteiger charge is 2.25. The van der Waals surface area contributed by atoms with Crippen LogP contribution in [0.4, 0.5) is 0 Å². The molecule has 0 aliphatic rings. The maximum Gasteiger partial charge on any atom is 0.238 e. The Morgan fingerprint density at radius 3 is 1.66 bits per heavy atom. The molecular weight excluding hydrogens is 909 g/mol. The van der Waals surface area contributed by atoms with Crippen LogP contribution in [0.1, 0.15) is 13.8 Å². The van der Waals surface area contributed by atoms with Crippen molar-refractivity contribution in [3.05, 3.63) is 231 Å². The number of fused-ring (bicyclic) bond motifs is 14. The predicted octanol–water partition coefficient (Wildman–Crippen LogP) is 18.9. The van der Waals surface area contributed by atoms with Gasteiger partial charge in [-0.3, -0.25) is 4.57 Å². The maximum atomic E-state index is 6.45. The molecular formula is C67H44N4OS. The van der Waals surface area contributed by atoms with Crippen LogP contribution in [-0.2, 0) is 0 Å². The smallest absolute Gasteiger partial charge is 0.238 e. The molecule has 0 aliphatic heterocycles. The number of aromatic nitrogens is 4. The highest BCUT2D eigenvalue weighted by Crippen LogP contribution is 2.47. The fraction of sp³-hybridized carbons (Fsp3) is 0.0299. The van der Waals surface area contributed by atoms with Gasteiger partial charge in [-0.2, -0.15) is 9.97 Å². The standard InChI is InChI=1S/C65H38N4OS.C2H6/c1-3-17-39(18-4-1)42-35-43(37-44(36-42)46-28-16-29-54-51-24-12-14-32-58(51)71-62(46)54)45-27-15-30-55-59-52-25-9-7-21-47(52)48-22-8-10-26-53(48)61(59)69(60(45)55)65-67-63(40-19-5-2-6-20-40)66-64(68-65)41-33-34-50-49-23-11-13-31-56(49)70-57(50)38-41;1-2/h1-38H;1-2H3. The van der Waals surface area contributed by atoms with Crippen molar-refractivity contribution in [1.82, 2.24) is 19.5 Å². The minimum absolute atomic E-state index is 0.529. The van der Waals surface area contributed by atoms with Crippen LogP contribution in [0, 0.1) is 0 Å². The van der Waals surface area contributed by atoms with E-state index < -0.39 is 0 Å². The summed E-state index contributed by atoms with van der Waals surface area (Å²) in [4.78, 5) is 16.3. The average molecular weight is 953 g/mol. The minimum atomic E-state index is 0.529. The van der Waals surface area contributed by atoms with Crippen LogP contribution >= 0.6 is 11.3 Å². The number of para-hydroxylation sites is 2. The lowest BCUT2D eigenvalue weighted by atomic mass is 9.91. The molecule has 15 aromatic rings. The van der Waals surface area contributed by atoms with Crippen molar-refractivity contribution in [1.29, 1.82) is 0 Å². The third-order valence-electron chi connectivity index (χ3n) is 14.2. The first-order chi connectivity index (χ1) is 36.2. The third-order valence-corrected chi connectivity index (χ3v) is 15.4. The summed E-state index contributed by atoms with van der Waals surface area (Å²) in [6.45, 7) is 4.00. The zero-order valence-corrected chi connectivity index (χ0v) is 40.9. The first-order valence-corrected chi connectivity index (χ1v) is 25.7. The van der Waals surface area contributed by atoms with Crippen LogP contribution in [0.15, 0.2) is 235 Å². The Kier molecular flexibility index (Phi) is 10.1. The Bertz CT molecular complexity index is 4650. The van der Waals surface area contributed by atoms with Gasteiger partial charge in [-0.25, -0.2) is 4.98 Å². The van der Waals surface area contributed by atoms with Gasteiger partial charge in [0.2, 0.25) is 5.95 Å². The Balaban J connectivity index is 0.00000244. The van der Waals surface area contributed by atoms with Crippen molar-refractivity contribution < 1.29 is 4.42 Å². The maximum absolute atomic E-state index is 6.45. The number of benzene rings is 11. The second kappa shape index (κ2) is 17.3. The minimum Gasteiger partial charge on any atom is -0.456 e. The zero-order valence-electron chi connectivity index (χ0n) is 40.0. The molecule has 0 unspecified atom stereocenters. The topological polar surface area (TPSA) is 56.7 Å². The second-order valence-corrected chi connectivity index (χ2v) is 19.3. The number of furan rings is 1. The van der Waals surface area contributed by atoms with E-state index >= 15 is 0 Å². The van der Waals surface area contributed by atoms with E-state index in [4.69, 9.17) is 19.4 Å². The zero-order chi connectivity index (χ0) is 48.6. The van der Waals surface area contributed by atoms with Crippen LogP contribution in [0.3, 0.4) is 0 Å². The fourth-order valence-corrected chi connectivity index (χ4v) is 12.3. The molecule has 0 radical (unpaired) electrons. The molecule has 0 saturated heterocycles. The van der Waals surface area contributed by atoms with E-state index in [1.807, 2.05) is 61.6 Å². The van der Waals surface area contributed by atoms with Gasteiger partial charge in [0.15, 0.2) is 11.6 Å². The normalized spacial score (nSPS) is 11.7. The molecule has 4 heterocycles. The first-order valence-electron chi connectivity index (χ1n) is 24.9. The van der Waals surface area contributed by atoms with Crippen molar-refractivity contribution in [2.75, 3.05) is 0 Å². The van der Waals surface area contributed by atoms with Gasteiger partial charge < -0.3 is 4.42 Å². The van der Waals surface area contributed by atoms with Crippen LogP contribution in [0.5, 0.6) is 0 Å². The molecule has 0 aliphatic carbocycles. The fourth-order valence-electron chi connectivity index (χ4n) is 11.0. The van der Waals surface area contributed by atoms with Gasteiger partial charge in [0.05, 0.1) is 11.0 Å². The van der Waals surface area contributed by atoms with E-state index in [0.717, 1.165) is 88.1 Å². The summed E-state index contributed by atoms with van der Waals surface area (Å²) >= 11 is 1.86. The lowest BCUT2D eigenvalue weighted by Crippen LogP contribution is -2.07. The summed E-state index contributed by atoms with van der Waals surface area (Å²) in [5.41, 5.74) is 12.2. The Morgan fingerprint density at radius 1 is 0.342 bits per heavy atom. The van der Waals surface area contributed by atoms with E-state index in [-0.39, 0.29) is 0 Å². The highest BCUT2D eigenvalue weighted by molar-refractivity contribution is 7.26. The molecule has 0 atom stereocenters. The molecule has 0 spiro atoms. The van der Waals surface area contributed by atoms with Gasteiger partial charge >= 0.3 is 0 Å². The molecule has 0 bridgehead atoms. The van der Waals surface area contributed by atoms with Crippen LogP contribution < -0.4 is 0 Å². The average Bonchev–Trinajstić information content (AvgIpc) is 4.16. The van der Waals surface area contributed by atoms with Gasteiger partial charge in [0, 0.05) is 63.8 Å². The van der Waals surface area contributed by atoms with E-state index in [2.05, 4.69) is 199 Å². The van der Waals surface area contributed by atoms with Gasteiger partial charge in [-0.1, -0.05) is 202 Å². The first kappa shape index (κ1) is 42.6. The summed E-state index contributed by atoms with van der Waals surface area (Å²) < 4.78 is 11.3. The molecule has 0 N–H and O–H groups in total. The van der Waals surface area contributed by atoms with E-state index in [9.17, 15) is 0 Å². The summed E-state index contributed by atoms with van der Waals surface area (Å²) in [6.07, 6.45) is 0. The Morgan fingerprint density at radius 2 is 0.890 bits per heavy atom. The largest absolute Gasteiger partial charge is 0.456 e. The molecule has 344 valence electrons. The Labute approximate surface area is 424 Å². The molecule has 5 nitrogen and oxygen atoms in total. The predicted molar refractivity (Wildman–Crippen MR) is 308 cm³/mol. The number of hydrogen-bond acceptors (Lipinski definition) is 5. The number of nitrogens with zero attached hydrogens (tertiary/aromatic N) is 4. The summed E-state index contributed by atoms with van der Waals surface area (Å²) in [5, 5.41) is 11.6. The van der Waals surface area contributed by atoms with Gasteiger partial charge in [-0.05, 0) is 86.4 Å². The van der Waals surface area contributed by atoms with Gasteiger partial charge in [0.25, 0.3) is 0 Å². The van der Waals surface area contributed by atoms with Crippen molar-refractivity contribution in [3.8, 4) is 62.1 Å². The lowest BCUT2D eigenvalue weighted by molar-refractivity contribution is 0.669. The molecule has 11 aromatic carbocycles. The second-order valence-electron chi connectivity index (χ2n) is 18.3. The monoisotopic (exact) mass is 952 g/mol. The number of rotatable bonds is 6. The molecule has 15 rings (SSSR count). The van der Waals surface area contributed by atoms with Crippen molar-refractivity contribution >= 4 is 96.8 Å². The molecule has 0 amide bonds. The lowest BCUT2D eigenvalue weighted by Gasteiger charge is -2.16. The number of hydrogen-bond donors (Lipinski definition) is 0. The van der Waals surface area contributed by atoms with E-state index in [1.165, 1.54) is 41.9 Å². The van der Waals surface area contributed by atoms with Gasteiger partial charge in [0.1, 0.15) is 11.2 Å². The molecule has 73 heavy (non-hydrogen) atoms. The molecule has 6 heteroatoms. The van der Waals surface area contributed by atoms with Crippen molar-refractivity contribution in [2.45, 2.75) is 13.8 Å². The quantitative estimate of drug-likeness (QED) is 0.156. The van der Waals surface area contributed by atoms with Gasteiger partial charge in [-0.15, -0.1) is 11.3 Å².